The van der Waals surface area contributed by atoms with Crippen LogP contribution in [0, 0.1) is 12.8 Å². The van der Waals surface area contributed by atoms with Crippen LogP contribution in [-0.4, -0.2) is 29.9 Å². The molecule has 0 aromatic carbocycles. The van der Waals surface area contributed by atoms with Gasteiger partial charge in [-0.1, -0.05) is 0 Å². The van der Waals surface area contributed by atoms with Crippen molar-refractivity contribution in [2.75, 3.05) is 13.1 Å². The van der Waals surface area contributed by atoms with Gasteiger partial charge in [0, 0.05) is 12.0 Å². The molecule has 2 atom stereocenters. The van der Waals surface area contributed by atoms with Crippen LogP contribution >= 0.6 is 0 Å². The fourth-order valence-electron chi connectivity index (χ4n) is 2.85. The van der Waals surface area contributed by atoms with Crippen LogP contribution in [0.15, 0.2) is 16.5 Å². The molecule has 1 amide bonds. The summed E-state index contributed by atoms with van der Waals surface area (Å²) in [6, 6.07) is 4.00. The van der Waals surface area contributed by atoms with E-state index in [2.05, 4.69) is 4.90 Å². The average molecular weight is 265 g/mol. The van der Waals surface area contributed by atoms with Gasteiger partial charge in [-0.15, -0.1) is 0 Å². The van der Waals surface area contributed by atoms with E-state index >= 15 is 0 Å². The first kappa shape index (κ1) is 14.1. The molecule has 2 unspecified atom stereocenters. The second-order valence-corrected chi connectivity index (χ2v) is 5.46. The van der Waals surface area contributed by atoms with E-state index in [1.54, 1.807) is 0 Å². The Bertz CT molecular complexity index is 434. The topological polar surface area (TPSA) is 85.5 Å². The number of amides is 1. The fourth-order valence-corrected chi connectivity index (χ4v) is 2.85. The van der Waals surface area contributed by atoms with Crippen LogP contribution in [0.4, 0.5) is 0 Å². The van der Waals surface area contributed by atoms with Crippen LogP contribution in [0.1, 0.15) is 37.3 Å². The van der Waals surface area contributed by atoms with Crippen molar-refractivity contribution in [3.05, 3.63) is 23.7 Å². The number of aryl methyl sites for hydroxylation is 1. The zero-order chi connectivity index (χ0) is 14.0. The van der Waals surface area contributed by atoms with E-state index in [1.807, 2.05) is 26.0 Å². The van der Waals surface area contributed by atoms with Gasteiger partial charge in [0.15, 0.2) is 0 Å². The minimum absolute atomic E-state index is 0.00307. The summed E-state index contributed by atoms with van der Waals surface area (Å²) in [7, 11) is 0. The van der Waals surface area contributed by atoms with E-state index in [9.17, 15) is 4.79 Å². The first-order valence-corrected chi connectivity index (χ1v) is 6.84. The quantitative estimate of drug-likeness (QED) is 0.855. The number of furan rings is 1. The standard InChI is InChI=1S/C14H23N3O2/c1-9-3-4-12(19-9)13(10(2)15)17-7-5-11(6-8-17)14(16)18/h3-4,10-11,13H,5-8,15H2,1-2H3,(H2,16,18). The number of nitrogens with zero attached hydrogens (tertiary/aromatic N) is 1. The molecular weight excluding hydrogens is 242 g/mol. The molecule has 2 rings (SSSR count). The highest BCUT2D eigenvalue weighted by Crippen LogP contribution is 2.29. The lowest BCUT2D eigenvalue weighted by molar-refractivity contribution is -0.123. The minimum Gasteiger partial charge on any atom is -0.465 e. The van der Waals surface area contributed by atoms with E-state index in [1.165, 1.54) is 0 Å². The molecule has 1 saturated heterocycles. The Morgan fingerprint density at radius 1 is 1.42 bits per heavy atom. The number of primary amides is 1. The highest BCUT2D eigenvalue weighted by molar-refractivity contribution is 5.76. The van der Waals surface area contributed by atoms with Crippen LogP contribution in [0.3, 0.4) is 0 Å². The lowest BCUT2D eigenvalue weighted by Crippen LogP contribution is -2.45. The van der Waals surface area contributed by atoms with Crippen molar-refractivity contribution in [1.82, 2.24) is 4.90 Å². The fraction of sp³-hybridized carbons (Fsp3) is 0.643. The van der Waals surface area contributed by atoms with Gasteiger partial charge in [0.2, 0.25) is 5.91 Å². The van der Waals surface area contributed by atoms with Gasteiger partial charge < -0.3 is 15.9 Å². The van der Waals surface area contributed by atoms with Gasteiger partial charge in [0.1, 0.15) is 11.5 Å². The third-order valence-corrected chi connectivity index (χ3v) is 3.88. The number of rotatable bonds is 4. The molecule has 1 aromatic heterocycles. The summed E-state index contributed by atoms with van der Waals surface area (Å²) in [6.45, 7) is 5.59. The molecule has 4 N–H and O–H groups in total. The number of hydrogen-bond acceptors (Lipinski definition) is 4. The van der Waals surface area contributed by atoms with Gasteiger partial charge in [-0.25, -0.2) is 0 Å². The molecule has 19 heavy (non-hydrogen) atoms. The van der Waals surface area contributed by atoms with E-state index in [0.717, 1.165) is 37.5 Å². The molecule has 1 aliphatic rings. The predicted molar refractivity (Wildman–Crippen MR) is 73.3 cm³/mol. The molecule has 2 heterocycles. The number of piperidine rings is 1. The first-order chi connectivity index (χ1) is 8.99. The zero-order valence-electron chi connectivity index (χ0n) is 11.6. The van der Waals surface area contributed by atoms with Crippen molar-refractivity contribution in [3.8, 4) is 0 Å². The zero-order valence-corrected chi connectivity index (χ0v) is 11.6. The van der Waals surface area contributed by atoms with E-state index in [0.29, 0.717) is 0 Å². The molecule has 0 aliphatic carbocycles. The van der Waals surface area contributed by atoms with E-state index in [-0.39, 0.29) is 23.9 Å². The van der Waals surface area contributed by atoms with E-state index in [4.69, 9.17) is 15.9 Å². The second kappa shape index (κ2) is 5.75. The van der Waals surface area contributed by atoms with Gasteiger partial charge in [-0.3, -0.25) is 9.69 Å². The highest BCUT2D eigenvalue weighted by Gasteiger charge is 2.31. The van der Waals surface area contributed by atoms with Crippen LogP contribution in [0.25, 0.3) is 0 Å². The molecule has 0 bridgehead atoms. The number of carbonyl (C=O) groups excluding carboxylic acids is 1. The summed E-state index contributed by atoms with van der Waals surface area (Å²) in [5, 5.41) is 0. The van der Waals surface area contributed by atoms with Crippen LogP contribution in [0.2, 0.25) is 0 Å². The monoisotopic (exact) mass is 265 g/mol. The lowest BCUT2D eigenvalue weighted by atomic mass is 9.93. The number of likely N-dealkylation sites (tertiary alicyclic amines) is 1. The molecule has 0 saturated carbocycles. The Kier molecular flexibility index (Phi) is 4.27. The summed E-state index contributed by atoms with van der Waals surface area (Å²) in [5.74, 6) is 1.62. The average Bonchev–Trinajstić information content (AvgIpc) is 2.76. The Morgan fingerprint density at radius 3 is 2.47 bits per heavy atom. The maximum atomic E-state index is 11.2. The van der Waals surface area contributed by atoms with E-state index < -0.39 is 0 Å². The predicted octanol–water partition coefficient (Wildman–Crippen LogP) is 1.17. The Labute approximate surface area is 113 Å². The molecule has 5 heteroatoms. The molecule has 106 valence electrons. The van der Waals surface area contributed by atoms with Crippen molar-refractivity contribution in [1.29, 1.82) is 0 Å². The molecular formula is C14H23N3O2. The molecule has 5 nitrogen and oxygen atoms in total. The Balaban J connectivity index is 2.07. The van der Waals surface area contributed by atoms with Crippen molar-refractivity contribution < 1.29 is 9.21 Å². The second-order valence-electron chi connectivity index (χ2n) is 5.46. The third kappa shape index (κ3) is 3.16. The maximum absolute atomic E-state index is 11.2. The van der Waals surface area contributed by atoms with Crippen molar-refractivity contribution >= 4 is 5.91 Å². The number of hydrogen-bond donors (Lipinski definition) is 2. The van der Waals surface area contributed by atoms with Gasteiger partial charge in [-0.05, 0) is 51.9 Å². The van der Waals surface area contributed by atoms with Crippen molar-refractivity contribution in [2.24, 2.45) is 17.4 Å². The normalized spacial score (nSPS) is 21.2. The number of nitrogens with two attached hydrogens (primary N) is 2. The summed E-state index contributed by atoms with van der Waals surface area (Å²) in [4.78, 5) is 13.5. The van der Waals surface area contributed by atoms with Crippen LogP contribution < -0.4 is 11.5 Å². The lowest BCUT2D eigenvalue weighted by Gasteiger charge is -2.37. The SMILES string of the molecule is Cc1ccc(C(C(C)N)N2CCC(C(N)=O)CC2)o1. The molecule has 1 aliphatic heterocycles. The smallest absolute Gasteiger partial charge is 0.220 e. The Morgan fingerprint density at radius 2 is 2.05 bits per heavy atom. The van der Waals surface area contributed by atoms with Crippen molar-refractivity contribution in [3.63, 3.8) is 0 Å². The van der Waals surface area contributed by atoms with Gasteiger partial charge in [0.05, 0.1) is 6.04 Å². The van der Waals surface area contributed by atoms with Gasteiger partial charge >= 0.3 is 0 Å². The van der Waals surface area contributed by atoms with Crippen LogP contribution in [-0.2, 0) is 4.79 Å². The van der Waals surface area contributed by atoms with Crippen LogP contribution in [0.5, 0.6) is 0 Å². The largest absolute Gasteiger partial charge is 0.465 e. The van der Waals surface area contributed by atoms with Crippen molar-refractivity contribution in [2.45, 2.75) is 38.8 Å². The van der Waals surface area contributed by atoms with Gasteiger partial charge in [0.25, 0.3) is 0 Å². The molecule has 1 fully saturated rings. The molecule has 0 spiro atoms. The summed E-state index contributed by atoms with van der Waals surface area (Å²) in [6.07, 6.45) is 1.61. The maximum Gasteiger partial charge on any atom is 0.220 e. The van der Waals surface area contributed by atoms with Gasteiger partial charge in [-0.2, -0.15) is 0 Å². The summed E-state index contributed by atoms with van der Waals surface area (Å²) in [5.41, 5.74) is 11.5. The first-order valence-electron chi connectivity index (χ1n) is 6.84. The number of carbonyl (C=O) groups is 1. The summed E-state index contributed by atoms with van der Waals surface area (Å²) < 4.78 is 5.72. The Hall–Kier alpha value is -1.33. The highest BCUT2D eigenvalue weighted by atomic mass is 16.3. The molecule has 0 radical (unpaired) electrons. The molecule has 1 aromatic rings. The summed E-state index contributed by atoms with van der Waals surface area (Å²) >= 11 is 0. The minimum atomic E-state index is -0.189. The third-order valence-electron chi connectivity index (χ3n) is 3.88.